The van der Waals surface area contributed by atoms with E-state index in [0.717, 1.165) is 38.5 Å². The van der Waals surface area contributed by atoms with Gasteiger partial charge in [-0.25, -0.2) is 0 Å². The highest BCUT2D eigenvalue weighted by molar-refractivity contribution is 5.85. The summed E-state index contributed by atoms with van der Waals surface area (Å²) in [5.74, 6) is 1.17. The molecule has 5 heteroatoms. The first-order valence-electron chi connectivity index (χ1n) is 11.3. The van der Waals surface area contributed by atoms with E-state index in [0.29, 0.717) is 17.3 Å². The Morgan fingerprint density at radius 3 is 2.36 bits per heavy atom. The molecule has 0 aromatic rings. The molecule has 1 saturated heterocycles. The second-order valence-corrected chi connectivity index (χ2v) is 11.7. The van der Waals surface area contributed by atoms with Crippen molar-refractivity contribution in [1.82, 2.24) is 14.7 Å². The van der Waals surface area contributed by atoms with Gasteiger partial charge in [0.2, 0.25) is 11.8 Å². The third-order valence-corrected chi connectivity index (χ3v) is 7.97. The first-order chi connectivity index (χ1) is 13.1. The zero-order valence-corrected chi connectivity index (χ0v) is 18.4. The lowest BCUT2D eigenvalue weighted by Crippen LogP contribution is -2.56. The van der Waals surface area contributed by atoms with E-state index in [1.54, 1.807) is 0 Å². The Morgan fingerprint density at radius 1 is 1.07 bits per heavy atom. The fourth-order valence-electron chi connectivity index (χ4n) is 8.00. The van der Waals surface area contributed by atoms with Crippen molar-refractivity contribution in [2.75, 3.05) is 46.8 Å². The Balaban J connectivity index is 1.41. The van der Waals surface area contributed by atoms with Crippen LogP contribution in [0.4, 0.5) is 0 Å². The minimum atomic E-state index is 0.122. The van der Waals surface area contributed by atoms with Gasteiger partial charge in [-0.3, -0.25) is 9.59 Å². The summed E-state index contributed by atoms with van der Waals surface area (Å²) in [5.41, 5.74) is 1.07. The van der Waals surface area contributed by atoms with Gasteiger partial charge in [0.05, 0.1) is 6.54 Å². The third kappa shape index (κ3) is 3.96. The van der Waals surface area contributed by atoms with Gasteiger partial charge in [0.25, 0.3) is 0 Å². The first kappa shape index (κ1) is 20.2. The van der Waals surface area contributed by atoms with Crippen LogP contribution in [0.15, 0.2) is 0 Å². The van der Waals surface area contributed by atoms with Crippen molar-refractivity contribution in [3.05, 3.63) is 0 Å². The molecular weight excluding hydrogens is 350 g/mol. The van der Waals surface area contributed by atoms with E-state index in [1.807, 2.05) is 23.9 Å². The zero-order chi connectivity index (χ0) is 20.2. The predicted octanol–water partition coefficient (Wildman–Crippen LogP) is 3.00. The lowest BCUT2D eigenvalue weighted by Gasteiger charge is -2.65. The highest BCUT2D eigenvalue weighted by atomic mass is 16.2. The van der Waals surface area contributed by atoms with Gasteiger partial charge in [-0.15, -0.1) is 0 Å². The van der Waals surface area contributed by atoms with Crippen molar-refractivity contribution >= 4 is 11.8 Å². The zero-order valence-electron chi connectivity index (χ0n) is 18.4. The number of likely N-dealkylation sites (N-methyl/N-ethyl adjacent to an activating group) is 1. The van der Waals surface area contributed by atoms with Gasteiger partial charge in [-0.2, -0.15) is 0 Å². The van der Waals surface area contributed by atoms with Crippen LogP contribution < -0.4 is 0 Å². The maximum absolute atomic E-state index is 13.3. The fraction of sp³-hybridized carbons (Fsp3) is 0.913. The van der Waals surface area contributed by atoms with Crippen LogP contribution in [-0.2, 0) is 9.59 Å². The number of nitrogens with zero attached hydrogens (tertiary/aromatic N) is 3. The molecule has 0 N–H and O–H groups in total. The van der Waals surface area contributed by atoms with Gasteiger partial charge in [0.15, 0.2) is 0 Å². The largest absolute Gasteiger partial charge is 0.340 e. The molecule has 4 saturated carbocycles. The first-order valence-corrected chi connectivity index (χ1v) is 11.3. The molecule has 1 heterocycles. The quantitative estimate of drug-likeness (QED) is 0.726. The molecule has 4 aliphatic carbocycles. The number of carbonyl (C=O) groups is 2. The summed E-state index contributed by atoms with van der Waals surface area (Å²) >= 11 is 0. The maximum atomic E-state index is 13.3. The standard InChI is InChI=1S/C23H39N3O2/c1-21-10-18-11-22(2,15-21)17-23(12-18,16-21)13-19(27)26-7-5-6-25(20(28)14-26)9-8-24(3)4/h18H,5-17H2,1-4H3. The Kier molecular flexibility index (Phi) is 5.05. The Hall–Kier alpha value is -1.10. The average molecular weight is 390 g/mol. The molecule has 4 bridgehead atoms. The van der Waals surface area contributed by atoms with Gasteiger partial charge in [-0.05, 0) is 81.2 Å². The molecule has 2 amide bonds. The van der Waals surface area contributed by atoms with Crippen LogP contribution in [0.1, 0.15) is 65.2 Å². The summed E-state index contributed by atoms with van der Waals surface area (Å²) < 4.78 is 0. The maximum Gasteiger partial charge on any atom is 0.242 e. The molecule has 0 radical (unpaired) electrons. The lowest BCUT2D eigenvalue weighted by molar-refractivity contribution is -0.162. The Morgan fingerprint density at radius 2 is 1.75 bits per heavy atom. The average Bonchev–Trinajstić information content (AvgIpc) is 2.70. The number of carbonyl (C=O) groups excluding carboxylic acids is 2. The molecule has 5 rings (SSSR count). The van der Waals surface area contributed by atoms with E-state index in [-0.39, 0.29) is 23.8 Å². The summed E-state index contributed by atoms with van der Waals surface area (Å²) in [6, 6.07) is 0. The molecule has 0 aromatic carbocycles. The Bertz CT molecular complexity index is 628. The lowest BCUT2D eigenvalue weighted by atomic mass is 9.40. The highest BCUT2D eigenvalue weighted by Crippen LogP contribution is 2.70. The van der Waals surface area contributed by atoms with Gasteiger partial charge < -0.3 is 14.7 Å². The molecule has 2 atom stereocenters. The number of rotatable bonds is 5. The van der Waals surface area contributed by atoms with E-state index in [9.17, 15) is 9.59 Å². The Labute approximate surface area is 170 Å². The minimum absolute atomic E-state index is 0.122. The fourth-order valence-corrected chi connectivity index (χ4v) is 8.00. The van der Waals surface area contributed by atoms with Crippen LogP contribution in [0, 0.1) is 22.2 Å². The van der Waals surface area contributed by atoms with Gasteiger partial charge in [0.1, 0.15) is 0 Å². The second-order valence-electron chi connectivity index (χ2n) is 11.7. The summed E-state index contributed by atoms with van der Waals surface area (Å²) in [7, 11) is 4.06. The van der Waals surface area contributed by atoms with Crippen LogP contribution in [0.3, 0.4) is 0 Å². The SMILES string of the molecule is CN(C)CCN1CCCN(C(=O)CC23CC4CC(C)(CC(C)(C4)C2)C3)CC1=O. The highest BCUT2D eigenvalue weighted by Gasteiger charge is 2.60. The summed E-state index contributed by atoms with van der Waals surface area (Å²) in [4.78, 5) is 32.0. The molecule has 0 spiro atoms. The van der Waals surface area contributed by atoms with E-state index < -0.39 is 0 Å². The predicted molar refractivity (Wildman–Crippen MR) is 111 cm³/mol. The van der Waals surface area contributed by atoms with E-state index in [4.69, 9.17) is 0 Å². The van der Waals surface area contributed by atoms with Crippen molar-refractivity contribution in [2.45, 2.75) is 65.2 Å². The van der Waals surface area contributed by atoms with E-state index in [2.05, 4.69) is 18.7 Å². The molecule has 158 valence electrons. The molecule has 2 unspecified atom stereocenters. The van der Waals surface area contributed by atoms with E-state index >= 15 is 0 Å². The number of hydrogen-bond acceptors (Lipinski definition) is 3. The van der Waals surface area contributed by atoms with Crippen LogP contribution in [-0.4, -0.2) is 73.3 Å². The van der Waals surface area contributed by atoms with Crippen LogP contribution in [0.25, 0.3) is 0 Å². The molecule has 0 aromatic heterocycles. The third-order valence-electron chi connectivity index (χ3n) is 7.97. The summed E-state index contributed by atoms with van der Waals surface area (Å²) in [6.45, 7) is 8.36. The normalized spacial score (nSPS) is 40.3. The number of amides is 2. The molecule has 28 heavy (non-hydrogen) atoms. The smallest absolute Gasteiger partial charge is 0.242 e. The molecule has 5 fully saturated rings. The van der Waals surface area contributed by atoms with Crippen molar-refractivity contribution in [3.63, 3.8) is 0 Å². The van der Waals surface area contributed by atoms with E-state index in [1.165, 1.54) is 38.5 Å². The van der Waals surface area contributed by atoms with Gasteiger partial charge in [0, 0.05) is 32.6 Å². The van der Waals surface area contributed by atoms with Gasteiger partial charge >= 0.3 is 0 Å². The minimum Gasteiger partial charge on any atom is -0.340 e. The van der Waals surface area contributed by atoms with Crippen molar-refractivity contribution in [1.29, 1.82) is 0 Å². The van der Waals surface area contributed by atoms with Gasteiger partial charge in [-0.1, -0.05) is 13.8 Å². The second kappa shape index (κ2) is 7.00. The van der Waals surface area contributed by atoms with Crippen LogP contribution in [0.2, 0.25) is 0 Å². The topological polar surface area (TPSA) is 43.9 Å². The van der Waals surface area contributed by atoms with Crippen LogP contribution in [0.5, 0.6) is 0 Å². The molecule has 1 aliphatic heterocycles. The molecule has 5 aliphatic rings. The van der Waals surface area contributed by atoms with Crippen molar-refractivity contribution in [2.24, 2.45) is 22.2 Å². The number of hydrogen-bond donors (Lipinski definition) is 0. The molecular formula is C23H39N3O2. The van der Waals surface area contributed by atoms with Crippen molar-refractivity contribution in [3.8, 4) is 0 Å². The van der Waals surface area contributed by atoms with Crippen molar-refractivity contribution < 1.29 is 9.59 Å². The molecule has 5 nitrogen and oxygen atoms in total. The van der Waals surface area contributed by atoms with Crippen LogP contribution >= 0.6 is 0 Å². The summed E-state index contributed by atoms with van der Waals surface area (Å²) in [6.07, 6.45) is 9.30. The summed E-state index contributed by atoms with van der Waals surface area (Å²) in [5, 5.41) is 0. The monoisotopic (exact) mass is 389 g/mol.